The quantitative estimate of drug-likeness (QED) is 0.127. The van der Waals surface area contributed by atoms with Crippen LogP contribution < -0.4 is 5.32 Å². The van der Waals surface area contributed by atoms with Crippen molar-refractivity contribution in [3.8, 4) is 0 Å². The van der Waals surface area contributed by atoms with Gasteiger partial charge in [-0.3, -0.25) is 4.79 Å². The van der Waals surface area contributed by atoms with Crippen LogP contribution in [-0.2, 0) is 23.7 Å². The van der Waals surface area contributed by atoms with E-state index in [2.05, 4.69) is 69.0 Å². The van der Waals surface area contributed by atoms with Crippen LogP contribution in [0.3, 0.4) is 0 Å². The number of hydrogen-bond donors (Lipinski definition) is 1. The van der Waals surface area contributed by atoms with Gasteiger partial charge in [0.15, 0.2) is 18.5 Å². The second-order valence-corrected chi connectivity index (χ2v) is 14.3. The molecule has 1 fully saturated rings. The van der Waals surface area contributed by atoms with Crippen LogP contribution in [-0.4, -0.2) is 68.2 Å². The zero-order chi connectivity index (χ0) is 35.1. The highest BCUT2D eigenvalue weighted by molar-refractivity contribution is 9.11. The number of nitrogens with one attached hydrogen (secondary N) is 1. The number of methoxy groups -OCH3 is 1. The molecule has 0 aliphatic carbocycles. The molecule has 1 N–H and O–H groups in total. The van der Waals surface area contributed by atoms with Gasteiger partial charge in [0.2, 0.25) is 0 Å². The summed E-state index contributed by atoms with van der Waals surface area (Å²) in [4.78, 5) is 53.7. The summed E-state index contributed by atoms with van der Waals surface area (Å²) in [5.74, 6) is -2.75. The smallest absolute Gasteiger partial charge is 0.338 e. The fraction of sp³-hybridized carbons (Fsp3) is 0.200. The summed E-state index contributed by atoms with van der Waals surface area (Å²) in [7, 11) is 1.34. The summed E-state index contributed by atoms with van der Waals surface area (Å²) in [5, 5.41) is 2.84. The van der Waals surface area contributed by atoms with Gasteiger partial charge in [0, 0.05) is 30.6 Å². The first-order valence-electron chi connectivity index (χ1n) is 14.6. The van der Waals surface area contributed by atoms with E-state index in [0.29, 0.717) is 5.56 Å². The molecule has 4 aromatic rings. The Bertz CT molecular complexity index is 1790. The standard InChI is InChI=1S/C35H27Br4NO9/c1-45-35-28(40-31(41)19-2-10-23(36)11-3-19)30(49-34(44)22-8-16-26(39)17-9-22)29(48-33(43)21-6-14-25(38)15-7-21)27(47-35)18-46-32(42)20-4-12-24(37)13-5-20/h2-17,27-30,35H,18H2,1H3,(H,40,41)/t27-,28-,29-,30-,35+/m1/s1. The lowest BCUT2D eigenvalue weighted by atomic mass is 9.95. The van der Waals surface area contributed by atoms with Crippen molar-refractivity contribution in [2.45, 2.75) is 30.6 Å². The van der Waals surface area contributed by atoms with E-state index in [9.17, 15) is 19.2 Å². The molecule has 5 rings (SSSR count). The molecule has 14 heteroatoms. The topological polar surface area (TPSA) is 126 Å². The van der Waals surface area contributed by atoms with Crippen LogP contribution in [0.1, 0.15) is 41.4 Å². The van der Waals surface area contributed by atoms with Gasteiger partial charge < -0.3 is 29.0 Å². The van der Waals surface area contributed by atoms with E-state index >= 15 is 0 Å². The Kier molecular flexibility index (Phi) is 12.8. The van der Waals surface area contributed by atoms with E-state index in [1.807, 2.05) is 0 Å². The van der Waals surface area contributed by atoms with Crippen molar-refractivity contribution >= 4 is 87.5 Å². The molecule has 0 radical (unpaired) electrons. The highest BCUT2D eigenvalue weighted by Gasteiger charge is 2.52. The van der Waals surface area contributed by atoms with E-state index < -0.39 is 61.1 Å². The number of esters is 3. The second-order valence-electron chi connectivity index (χ2n) is 10.6. The van der Waals surface area contributed by atoms with Crippen LogP contribution >= 0.6 is 63.7 Å². The second kappa shape index (κ2) is 17.0. The normalized spacial score (nSPS) is 20.1. The number of carbonyl (C=O) groups excluding carboxylic acids is 4. The van der Waals surface area contributed by atoms with Crippen LogP contribution in [0.4, 0.5) is 0 Å². The van der Waals surface area contributed by atoms with E-state index in [4.69, 9.17) is 23.7 Å². The average Bonchev–Trinajstić information content (AvgIpc) is 3.10. The van der Waals surface area contributed by atoms with Crippen molar-refractivity contribution in [1.29, 1.82) is 0 Å². The Balaban J connectivity index is 1.51. The number of hydrogen-bond acceptors (Lipinski definition) is 9. The maximum absolute atomic E-state index is 13.6. The van der Waals surface area contributed by atoms with Crippen molar-refractivity contribution in [2.75, 3.05) is 13.7 Å². The first-order chi connectivity index (χ1) is 23.5. The van der Waals surface area contributed by atoms with Gasteiger partial charge in [-0.1, -0.05) is 63.7 Å². The molecule has 1 amide bonds. The molecule has 10 nitrogen and oxygen atoms in total. The number of halogens is 4. The maximum Gasteiger partial charge on any atom is 0.338 e. The summed E-state index contributed by atoms with van der Waals surface area (Å²) in [6, 6.07) is 24.8. The summed E-state index contributed by atoms with van der Waals surface area (Å²) in [6.45, 7) is -0.424. The minimum absolute atomic E-state index is 0.191. The average molecular weight is 925 g/mol. The molecule has 0 spiro atoms. The third-order valence-corrected chi connectivity index (χ3v) is 9.50. The van der Waals surface area contributed by atoms with Gasteiger partial charge in [-0.2, -0.15) is 0 Å². The van der Waals surface area contributed by atoms with Crippen LogP contribution in [0, 0.1) is 0 Å². The van der Waals surface area contributed by atoms with Gasteiger partial charge in [0.25, 0.3) is 5.91 Å². The van der Waals surface area contributed by atoms with E-state index in [0.717, 1.165) is 17.9 Å². The number of amides is 1. The zero-order valence-corrected chi connectivity index (χ0v) is 31.9. The fourth-order valence-corrected chi connectivity index (χ4v) is 5.95. The van der Waals surface area contributed by atoms with Crippen molar-refractivity contribution in [3.63, 3.8) is 0 Å². The first kappa shape index (κ1) is 36.9. The van der Waals surface area contributed by atoms with E-state index in [1.54, 1.807) is 97.1 Å². The van der Waals surface area contributed by atoms with Crippen LogP contribution in [0.2, 0.25) is 0 Å². The molecule has 0 aromatic heterocycles. The van der Waals surface area contributed by atoms with Crippen molar-refractivity contribution < 1.29 is 42.9 Å². The monoisotopic (exact) mass is 921 g/mol. The third kappa shape index (κ3) is 9.65. The summed E-state index contributed by atoms with van der Waals surface area (Å²) >= 11 is 13.4. The molecule has 254 valence electrons. The molecule has 0 unspecified atom stereocenters. The van der Waals surface area contributed by atoms with E-state index in [-0.39, 0.29) is 16.7 Å². The molecule has 5 atom stereocenters. The Morgan fingerprint density at radius 1 is 0.592 bits per heavy atom. The van der Waals surface area contributed by atoms with Gasteiger partial charge >= 0.3 is 17.9 Å². The van der Waals surface area contributed by atoms with E-state index in [1.165, 1.54) is 7.11 Å². The zero-order valence-electron chi connectivity index (χ0n) is 25.5. The Labute approximate surface area is 315 Å². The lowest BCUT2D eigenvalue weighted by molar-refractivity contribution is -0.260. The van der Waals surface area contributed by atoms with Crippen LogP contribution in [0.25, 0.3) is 0 Å². The Hall–Kier alpha value is -3.40. The lowest BCUT2D eigenvalue weighted by Crippen LogP contribution is -2.66. The molecule has 1 aliphatic heterocycles. The highest BCUT2D eigenvalue weighted by Crippen LogP contribution is 2.30. The lowest BCUT2D eigenvalue weighted by Gasteiger charge is -2.44. The SMILES string of the molecule is CO[C@H]1O[C@H](COC(=O)c2ccc(Br)cc2)[C@@H](OC(=O)c2ccc(Br)cc2)[C@H](OC(=O)c2ccc(Br)cc2)[C@H]1NC(=O)c1ccc(Br)cc1. The van der Waals surface area contributed by atoms with Gasteiger partial charge in [-0.25, -0.2) is 14.4 Å². The predicted octanol–water partition coefficient (Wildman–Crippen LogP) is 7.51. The molecule has 4 aromatic carbocycles. The molecular weight excluding hydrogens is 898 g/mol. The number of carbonyl (C=O) groups is 4. The number of rotatable bonds is 10. The summed E-state index contributed by atoms with van der Waals surface area (Å²) < 4.78 is 32.5. The highest BCUT2D eigenvalue weighted by atomic mass is 79.9. The third-order valence-electron chi connectivity index (χ3n) is 7.39. The van der Waals surface area contributed by atoms with Crippen LogP contribution in [0.5, 0.6) is 0 Å². The molecule has 1 heterocycles. The number of benzene rings is 4. The Morgan fingerprint density at radius 3 is 1.41 bits per heavy atom. The molecule has 1 aliphatic rings. The summed E-state index contributed by atoms with van der Waals surface area (Å²) in [5.41, 5.74) is 0.947. The summed E-state index contributed by atoms with van der Waals surface area (Å²) in [6.07, 6.45) is -5.21. The minimum Gasteiger partial charge on any atom is -0.459 e. The molecule has 0 saturated carbocycles. The number of ether oxygens (including phenoxy) is 5. The largest absolute Gasteiger partial charge is 0.459 e. The maximum atomic E-state index is 13.6. The molecule has 1 saturated heterocycles. The first-order valence-corrected chi connectivity index (χ1v) is 17.8. The fourth-order valence-electron chi connectivity index (χ4n) is 4.89. The molecule has 49 heavy (non-hydrogen) atoms. The minimum atomic E-state index is -1.39. The Morgan fingerprint density at radius 2 is 0.980 bits per heavy atom. The van der Waals surface area contributed by atoms with Crippen LogP contribution in [0.15, 0.2) is 115 Å². The van der Waals surface area contributed by atoms with Crippen molar-refractivity contribution in [2.24, 2.45) is 0 Å². The van der Waals surface area contributed by atoms with Gasteiger partial charge in [-0.05, 0) is 97.1 Å². The van der Waals surface area contributed by atoms with Gasteiger partial charge in [-0.15, -0.1) is 0 Å². The predicted molar refractivity (Wildman–Crippen MR) is 192 cm³/mol. The van der Waals surface area contributed by atoms with Crippen molar-refractivity contribution in [3.05, 3.63) is 137 Å². The molecule has 0 bridgehead atoms. The van der Waals surface area contributed by atoms with Gasteiger partial charge in [0.1, 0.15) is 18.8 Å². The van der Waals surface area contributed by atoms with Gasteiger partial charge in [0.05, 0.1) is 16.7 Å². The molecular formula is C35H27Br4NO9. The van der Waals surface area contributed by atoms with Crippen molar-refractivity contribution in [1.82, 2.24) is 5.32 Å².